The molecule has 6 N–H and O–H groups in total. The summed E-state index contributed by atoms with van der Waals surface area (Å²) in [5.74, 6) is -0.177. The SMILES string of the molecule is NC1NN2CC(F)CNC2C1C(=O)NC1CNCCC1CN1CCCC1=O. The molecule has 4 fully saturated rings. The second-order valence-electron chi connectivity index (χ2n) is 8.09. The van der Waals surface area contributed by atoms with Crippen LogP contribution < -0.4 is 27.1 Å². The zero-order valence-electron chi connectivity index (χ0n) is 15.5. The van der Waals surface area contributed by atoms with Crippen LogP contribution in [0.1, 0.15) is 19.3 Å². The number of rotatable bonds is 4. The zero-order valence-corrected chi connectivity index (χ0v) is 15.5. The number of hydrogen-bond acceptors (Lipinski definition) is 7. The summed E-state index contributed by atoms with van der Waals surface area (Å²) < 4.78 is 13.6. The summed E-state index contributed by atoms with van der Waals surface area (Å²) in [6.07, 6.45) is 0.629. The highest BCUT2D eigenvalue weighted by Gasteiger charge is 2.47. The zero-order chi connectivity index (χ0) is 19.0. The highest BCUT2D eigenvalue weighted by atomic mass is 19.1. The van der Waals surface area contributed by atoms with Crippen LogP contribution in [0, 0.1) is 11.8 Å². The molecule has 0 radical (unpaired) electrons. The van der Waals surface area contributed by atoms with Gasteiger partial charge in [-0.2, -0.15) is 0 Å². The normalized spacial score (nSPS) is 40.2. The first-order valence-electron chi connectivity index (χ1n) is 9.97. The fourth-order valence-corrected chi connectivity index (χ4v) is 4.74. The number of halogens is 1. The summed E-state index contributed by atoms with van der Waals surface area (Å²) in [5, 5.41) is 11.3. The topological polar surface area (TPSA) is 115 Å². The smallest absolute Gasteiger partial charge is 0.229 e. The van der Waals surface area contributed by atoms with Crippen molar-refractivity contribution in [2.45, 2.75) is 43.8 Å². The molecule has 2 amide bonds. The van der Waals surface area contributed by atoms with Gasteiger partial charge in [0.25, 0.3) is 0 Å². The van der Waals surface area contributed by atoms with Gasteiger partial charge < -0.3 is 21.3 Å². The number of nitrogens with zero attached hydrogens (tertiary/aromatic N) is 2. The van der Waals surface area contributed by atoms with Crippen LogP contribution in [0.15, 0.2) is 0 Å². The lowest BCUT2D eigenvalue weighted by Gasteiger charge is -2.37. The van der Waals surface area contributed by atoms with Crippen LogP contribution in [0.25, 0.3) is 0 Å². The van der Waals surface area contributed by atoms with Crippen molar-refractivity contribution >= 4 is 11.8 Å². The molecule has 0 saturated carbocycles. The minimum absolute atomic E-state index is 0.0431. The van der Waals surface area contributed by atoms with E-state index in [4.69, 9.17) is 5.73 Å². The molecule has 4 aliphatic rings. The van der Waals surface area contributed by atoms with Gasteiger partial charge in [0.05, 0.1) is 18.2 Å². The van der Waals surface area contributed by atoms with E-state index in [1.54, 1.807) is 5.01 Å². The molecule has 9 nitrogen and oxygen atoms in total. The lowest BCUT2D eigenvalue weighted by molar-refractivity contribution is -0.129. The van der Waals surface area contributed by atoms with Crippen molar-refractivity contribution in [3.05, 3.63) is 0 Å². The molecule has 4 rings (SSSR count). The summed E-state index contributed by atoms with van der Waals surface area (Å²) >= 11 is 0. The van der Waals surface area contributed by atoms with Gasteiger partial charge in [0.1, 0.15) is 6.17 Å². The predicted octanol–water partition coefficient (Wildman–Crippen LogP) is -2.31. The van der Waals surface area contributed by atoms with Gasteiger partial charge in [0, 0.05) is 45.2 Å². The lowest BCUT2D eigenvalue weighted by Crippen LogP contribution is -2.60. The quantitative estimate of drug-likeness (QED) is 0.371. The molecule has 4 heterocycles. The predicted molar refractivity (Wildman–Crippen MR) is 96.7 cm³/mol. The molecular formula is C17H30FN7O2. The number of piperidine rings is 1. The van der Waals surface area contributed by atoms with Crippen LogP contribution >= 0.6 is 0 Å². The maximum Gasteiger partial charge on any atom is 0.229 e. The number of nitrogens with two attached hydrogens (primary N) is 1. The second-order valence-corrected chi connectivity index (χ2v) is 8.09. The number of hydrazine groups is 1. The Morgan fingerprint density at radius 3 is 3.00 bits per heavy atom. The molecular weight excluding hydrogens is 353 g/mol. The van der Waals surface area contributed by atoms with E-state index < -0.39 is 18.3 Å². The minimum Gasteiger partial charge on any atom is -0.351 e. The molecule has 0 aromatic heterocycles. The van der Waals surface area contributed by atoms with E-state index in [1.165, 1.54) is 0 Å². The van der Waals surface area contributed by atoms with Crippen molar-refractivity contribution in [3.63, 3.8) is 0 Å². The average Bonchev–Trinajstić information content (AvgIpc) is 3.18. The van der Waals surface area contributed by atoms with E-state index in [9.17, 15) is 14.0 Å². The van der Waals surface area contributed by atoms with E-state index in [1.807, 2.05) is 4.90 Å². The Kier molecular flexibility index (Phi) is 5.60. The van der Waals surface area contributed by atoms with Gasteiger partial charge in [0.15, 0.2) is 0 Å². The number of carbonyl (C=O) groups is 2. The van der Waals surface area contributed by atoms with Crippen molar-refractivity contribution in [1.82, 2.24) is 31.3 Å². The van der Waals surface area contributed by atoms with Gasteiger partial charge >= 0.3 is 0 Å². The van der Waals surface area contributed by atoms with Crippen molar-refractivity contribution in [2.24, 2.45) is 17.6 Å². The molecule has 0 aromatic rings. The third-order valence-electron chi connectivity index (χ3n) is 6.20. The minimum atomic E-state index is -0.979. The maximum absolute atomic E-state index is 13.6. The molecule has 6 unspecified atom stereocenters. The van der Waals surface area contributed by atoms with Gasteiger partial charge in [-0.3, -0.25) is 14.9 Å². The van der Waals surface area contributed by atoms with Crippen molar-refractivity contribution in [1.29, 1.82) is 0 Å². The number of hydrogen-bond donors (Lipinski definition) is 5. The van der Waals surface area contributed by atoms with E-state index in [-0.39, 0.29) is 43.0 Å². The molecule has 0 aromatic carbocycles. The van der Waals surface area contributed by atoms with Gasteiger partial charge in [-0.1, -0.05) is 0 Å². The summed E-state index contributed by atoms with van der Waals surface area (Å²) in [7, 11) is 0. The second kappa shape index (κ2) is 7.96. The van der Waals surface area contributed by atoms with Gasteiger partial charge in [0.2, 0.25) is 11.8 Å². The van der Waals surface area contributed by atoms with Gasteiger partial charge in [-0.15, -0.1) is 0 Å². The largest absolute Gasteiger partial charge is 0.351 e. The highest BCUT2D eigenvalue weighted by Crippen LogP contribution is 2.24. The van der Waals surface area contributed by atoms with Crippen molar-refractivity contribution in [3.8, 4) is 0 Å². The highest BCUT2D eigenvalue weighted by molar-refractivity contribution is 5.81. The number of alkyl halides is 1. The van der Waals surface area contributed by atoms with E-state index in [2.05, 4.69) is 21.4 Å². The van der Waals surface area contributed by atoms with Crippen molar-refractivity contribution in [2.75, 3.05) is 39.3 Å². The van der Waals surface area contributed by atoms with Crippen LogP contribution in [-0.4, -0.2) is 85.5 Å². The molecule has 0 spiro atoms. The number of nitrogens with one attached hydrogen (secondary N) is 4. The van der Waals surface area contributed by atoms with Gasteiger partial charge in [-0.25, -0.2) is 14.8 Å². The van der Waals surface area contributed by atoms with E-state index in [0.29, 0.717) is 19.5 Å². The number of fused-ring (bicyclic) bond motifs is 1. The van der Waals surface area contributed by atoms with E-state index in [0.717, 1.165) is 25.9 Å². The first-order valence-corrected chi connectivity index (χ1v) is 9.97. The molecule has 6 atom stereocenters. The summed E-state index contributed by atoms with van der Waals surface area (Å²) in [6.45, 7) is 3.52. The first kappa shape index (κ1) is 19.0. The third-order valence-corrected chi connectivity index (χ3v) is 6.20. The molecule has 4 aliphatic heterocycles. The Balaban J connectivity index is 1.39. The summed E-state index contributed by atoms with van der Waals surface area (Å²) in [4.78, 5) is 26.9. The van der Waals surface area contributed by atoms with Gasteiger partial charge in [-0.05, 0) is 25.3 Å². The lowest BCUT2D eigenvalue weighted by atomic mass is 9.91. The molecule has 4 saturated heterocycles. The summed E-state index contributed by atoms with van der Waals surface area (Å²) in [5.41, 5.74) is 9.14. The molecule has 10 heteroatoms. The molecule has 0 bridgehead atoms. The van der Waals surface area contributed by atoms with E-state index >= 15 is 0 Å². The van der Waals surface area contributed by atoms with Crippen LogP contribution in [0.4, 0.5) is 4.39 Å². The Morgan fingerprint density at radius 2 is 2.22 bits per heavy atom. The summed E-state index contributed by atoms with van der Waals surface area (Å²) in [6, 6.07) is -0.0431. The Bertz CT molecular complexity index is 579. The standard InChI is InChI=1S/C17H30FN7O2/c18-11-6-21-16-14(15(19)23-25(16)9-11)17(27)22-12-7-20-4-3-10(12)8-24-5-1-2-13(24)26/h10-12,14-16,20-21,23H,1-9,19H2,(H,22,27). The number of likely N-dealkylation sites (tertiary alicyclic amines) is 1. The Morgan fingerprint density at radius 1 is 1.37 bits per heavy atom. The van der Waals surface area contributed by atoms with Crippen LogP contribution in [0.2, 0.25) is 0 Å². The van der Waals surface area contributed by atoms with Crippen LogP contribution in [0.3, 0.4) is 0 Å². The van der Waals surface area contributed by atoms with Crippen LogP contribution in [-0.2, 0) is 9.59 Å². The fourth-order valence-electron chi connectivity index (χ4n) is 4.74. The fraction of sp³-hybridized carbons (Fsp3) is 0.882. The average molecular weight is 383 g/mol. The molecule has 152 valence electrons. The monoisotopic (exact) mass is 383 g/mol. The van der Waals surface area contributed by atoms with Crippen molar-refractivity contribution < 1.29 is 14.0 Å². The first-order chi connectivity index (χ1) is 13.0. The third kappa shape index (κ3) is 3.95. The maximum atomic E-state index is 13.6. The molecule has 27 heavy (non-hydrogen) atoms. The Hall–Kier alpha value is -1.33. The Labute approximate surface area is 158 Å². The number of carbonyl (C=O) groups excluding carboxylic acids is 2. The molecule has 0 aliphatic carbocycles. The van der Waals surface area contributed by atoms with Crippen LogP contribution in [0.5, 0.6) is 0 Å². The number of amides is 2.